The van der Waals surface area contributed by atoms with E-state index in [9.17, 15) is 0 Å². The van der Waals surface area contributed by atoms with Gasteiger partial charge in [0.15, 0.2) is 0 Å². The first kappa shape index (κ1) is 13.4. The molecule has 20 heavy (non-hydrogen) atoms. The van der Waals surface area contributed by atoms with Gasteiger partial charge in [0.2, 0.25) is 0 Å². The molecule has 0 saturated carbocycles. The number of benzene rings is 2. The maximum Gasteiger partial charge on any atom is 0.150 e. The number of hydrogen-bond acceptors (Lipinski definition) is 2. The van der Waals surface area contributed by atoms with Crippen LogP contribution in [-0.4, -0.2) is 4.98 Å². The van der Waals surface area contributed by atoms with E-state index in [-0.39, 0.29) is 0 Å². The molecule has 0 saturated heterocycles. The van der Waals surface area contributed by atoms with Crippen molar-refractivity contribution < 1.29 is 4.74 Å². The van der Waals surface area contributed by atoms with Gasteiger partial charge in [-0.15, -0.1) is 11.6 Å². The van der Waals surface area contributed by atoms with Crippen molar-refractivity contribution in [2.24, 2.45) is 0 Å². The van der Waals surface area contributed by atoms with Gasteiger partial charge in [0.05, 0.1) is 12.1 Å². The van der Waals surface area contributed by atoms with Crippen molar-refractivity contribution in [3.05, 3.63) is 64.9 Å². The van der Waals surface area contributed by atoms with Gasteiger partial charge in [0, 0.05) is 16.2 Å². The Labute approximate surface area is 130 Å². The molecule has 2 nitrogen and oxygen atoms in total. The van der Waals surface area contributed by atoms with E-state index in [4.69, 9.17) is 16.3 Å². The number of aromatic nitrogens is 1. The van der Waals surface area contributed by atoms with Gasteiger partial charge >= 0.3 is 0 Å². The van der Waals surface area contributed by atoms with Crippen molar-refractivity contribution in [3.63, 3.8) is 0 Å². The molecule has 1 heterocycles. The molecule has 2 aromatic carbocycles. The second-order valence-electron chi connectivity index (χ2n) is 4.37. The lowest BCUT2D eigenvalue weighted by Crippen LogP contribution is -1.90. The third kappa shape index (κ3) is 2.79. The third-order valence-electron chi connectivity index (χ3n) is 3.02. The van der Waals surface area contributed by atoms with Crippen molar-refractivity contribution in [2.75, 3.05) is 0 Å². The summed E-state index contributed by atoms with van der Waals surface area (Å²) in [6.07, 6.45) is 3.39. The van der Waals surface area contributed by atoms with E-state index >= 15 is 0 Å². The molecule has 0 aliphatic heterocycles. The molecule has 1 aromatic heterocycles. The highest BCUT2D eigenvalue weighted by atomic mass is 79.9. The molecule has 0 amide bonds. The summed E-state index contributed by atoms with van der Waals surface area (Å²) < 4.78 is 6.95. The van der Waals surface area contributed by atoms with Crippen LogP contribution in [0.15, 0.2) is 59.3 Å². The molecule has 4 heteroatoms. The summed E-state index contributed by atoms with van der Waals surface area (Å²) in [5.41, 5.74) is 0.928. The van der Waals surface area contributed by atoms with Crippen molar-refractivity contribution in [3.8, 4) is 11.5 Å². The Kier molecular flexibility index (Phi) is 3.90. The second kappa shape index (κ2) is 5.81. The molecular weight excluding hydrogens is 338 g/mol. The fourth-order valence-corrected chi connectivity index (χ4v) is 2.60. The predicted octanol–water partition coefficient (Wildman–Crippen LogP) is 5.53. The molecule has 0 N–H and O–H groups in total. The van der Waals surface area contributed by atoms with E-state index in [2.05, 4.69) is 33.0 Å². The van der Waals surface area contributed by atoms with E-state index in [1.807, 2.05) is 30.3 Å². The van der Waals surface area contributed by atoms with E-state index in [1.165, 1.54) is 0 Å². The maximum absolute atomic E-state index is 5.90. The number of rotatable bonds is 3. The average Bonchev–Trinajstić information content (AvgIpc) is 2.48. The Balaban J connectivity index is 1.96. The van der Waals surface area contributed by atoms with E-state index < -0.39 is 0 Å². The van der Waals surface area contributed by atoms with Crippen LogP contribution >= 0.6 is 27.5 Å². The van der Waals surface area contributed by atoms with E-state index in [1.54, 1.807) is 12.4 Å². The molecule has 0 spiro atoms. The molecule has 0 bridgehead atoms. The molecular formula is C16H11BrClNO. The summed E-state index contributed by atoms with van der Waals surface area (Å²) in [6.45, 7) is 0. The molecule has 0 atom stereocenters. The van der Waals surface area contributed by atoms with Crippen molar-refractivity contribution in [1.82, 2.24) is 4.98 Å². The molecule has 3 rings (SSSR count). The molecule has 0 fully saturated rings. The van der Waals surface area contributed by atoms with Gasteiger partial charge in [0.25, 0.3) is 0 Å². The molecule has 0 aliphatic rings. The number of nitrogens with zero attached hydrogens (tertiary/aromatic N) is 1. The minimum atomic E-state index is 0.401. The quantitative estimate of drug-likeness (QED) is 0.581. The van der Waals surface area contributed by atoms with Crippen LogP contribution in [0.5, 0.6) is 11.5 Å². The van der Waals surface area contributed by atoms with Crippen LogP contribution in [0.25, 0.3) is 10.8 Å². The zero-order chi connectivity index (χ0) is 13.9. The topological polar surface area (TPSA) is 22.1 Å². The minimum absolute atomic E-state index is 0.401. The highest BCUT2D eigenvalue weighted by molar-refractivity contribution is 9.10. The first-order valence-electron chi connectivity index (χ1n) is 6.12. The molecule has 0 unspecified atom stereocenters. The number of alkyl halides is 1. The number of fused-ring (bicyclic) bond motifs is 1. The zero-order valence-corrected chi connectivity index (χ0v) is 12.9. The lowest BCUT2D eigenvalue weighted by molar-refractivity contribution is 0.476. The Bertz CT molecular complexity index is 760. The van der Waals surface area contributed by atoms with E-state index in [0.717, 1.165) is 26.6 Å². The van der Waals surface area contributed by atoms with E-state index in [0.29, 0.717) is 11.6 Å². The third-order valence-corrected chi connectivity index (χ3v) is 3.80. The van der Waals surface area contributed by atoms with Crippen LogP contribution in [0, 0.1) is 0 Å². The van der Waals surface area contributed by atoms with Gasteiger partial charge in [-0.1, -0.05) is 28.1 Å². The van der Waals surface area contributed by atoms with Gasteiger partial charge in [-0.25, -0.2) is 0 Å². The number of halogens is 2. The molecule has 100 valence electrons. The normalized spacial score (nSPS) is 10.7. The number of hydrogen-bond donors (Lipinski definition) is 0. The summed E-state index contributed by atoms with van der Waals surface area (Å²) in [5.74, 6) is 1.87. The first-order valence-corrected chi connectivity index (χ1v) is 7.45. The van der Waals surface area contributed by atoms with Gasteiger partial charge in [-0.05, 0) is 41.1 Å². The van der Waals surface area contributed by atoms with Gasteiger partial charge in [-0.3, -0.25) is 4.98 Å². The SMILES string of the molecule is ClCc1ccncc1Oc1ccc2cc(Br)ccc2c1. The standard InChI is InChI=1S/C16H11BrClNO/c17-14-3-1-12-8-15(4-2-11(12)7-14)20-16-10-19-6-5-13(16)9-18/h1-8,10H,9H2. The lowest BCUT2D eigenvalue weighted by atomic mass is 10.1. The summed E-state index contributed by atoms with van der Waals surface area (Å²) >= 11 is 9.37. The zero-order valence-electron chi connectivity index (χ0n) is 10.5. The number of ether oxygens (including phenoxy) is 1. The highest BCUT2D eigenvalue weighted by Crippen LogP contribution is 2.29. The molecule has 0 radical (unpaired) electrons. The van der Waals surface area contributed by atoms with Gasteiger partial charge in [-0.2, -0.15) is 0 Å². The van der Waals surface area contributed by atoms with Crippen LogP contribution in [0.1, 0.15) is 5.56 Å². The Morgan fingerprint density at radius 3 is 2.70 bits per heavy atom. The summed E-state index contributed by atoms with van der Waals surface area (Å²) in [5, 5.41) is 2.29. The monoisotopic (exact) mass is 347 g/mol. The van der Waals surface area contributed by atoms with Crippen molar-refractivity contribution in [1.29, 1.82) is 0 Å². The van der Waals surface area contributed by atoms with Crippen LogP contribution in [0.4, 0.5) is 0 Å². The lowest BCUT2D eigenvalue weighted by Gasteiger charge is -2.09. The second-order valence-corrected chi connectivity index (χ2v) is 5.56. The number of pyridine rings is 1. The average molecular weight is 349 g/mol. The van der Waals surface area contributed by atoms with Gasteiger partial charge < -0.3 is 4.74 Å². The van der Waals surface area contributed by atoms with Crippen LogP contribution in [0.3, 0.4) is 0 Å². The Hall–Kier alpha value is -1.58. The summed E-state index contributed by atoms with van der Waals surface area (Å²) in [4.78, 5) is 4.07. The summed E-state index contributed by atoms with van der Waals surface area (Å²) in [6, 6.07) is 14.0. The van der Waals surface area contributed by atoms with Gasteiger partial charge in [0.1, 0.15) is 11.5 Å². The van der Waals surface area contributed by atoms with Crippen LogP contribution < -0.4 is 4.74 Å². The molecule has 0 aliphatic carbocycles. The minimum Gasteiger partial charge on any atom is -0.455 e. The van der Waals surface area contributed by atoms with Crippen LogP contribution in [-0.2, 0) is 5.88 Å². The largest absolute Gasteiger partial charge is 0.455 e. The fraction of sp³-hybridized carbons (Fsp3) is 0.0625. The van der Waals surface area contributed by atoms with Crippen molar-refractivity contribution in [2.45, 2.75) is 5.88 Å². The fourth-order valence-electron chi connectivity index (χ4n) is 2.00. The Morgan fingerprint density at radius 1 is 1.05 bits per heavy atom. The predicted molar refractivity (Wildman–Crippen MR) is 85.5 cm³/mol. The Morgan fingerprint density at radius 2 is 1.85 bits per heavy atom. The summed E-state index contributed by atoms with van der Waals surface area (Å²) in [7, 11) is 0. The molecule has 3 aromatic rings. The smallest absolute Gasteiger partial charge is 0.150 e. The van der Waals surface area contributed by atoms with Crippen LogP contribution in [0.2, 0.25) is 0 Å². The van der Waals surface area contributed by atoms with Crippen molar-refractivity contribution >= 4 is 38.3 Å². The first-order chi connectivity index (χ1) is 9.76. The highest BCUT2D eigenvalue weighted by Gasteiger charge is 2.05. The maximum atomic E-state index is 5.90.